The number of nitrogens with two attached hydrogens (primary N) is 1. The fourth-order valence-corrected chi connectivity index (χ4v) is 0.722. The fraction of sp³-hybridized carbons (Fsp3) is 0. The monoisotopic (exact) mass is 265 g/mol. The predicted octanol–water partition coefficient (Wildman–Crippen LogP) is 0.539. The maximum Gasteiger partial charge on any atom is 0.412 e. The third kappa shape index (κ3) is 2.66. The van der Waals surface area contributed by atoms with Crippen molar-refractivity contribution in [2.24, 2.45) is 5.73 Å². The van der Waals surface area contributed by atoms with Crippen molar-refractivity contribution in [1.29, 1.82) is 0 Å². The van der Waals surface area contributed by atoms with E-state index in [4.69, 9.17) is 5.73 Å². The third-order valence-corrected chi connectivity index (χ3v) is 1.35. The van der Waals surface area contributed by atoms with Gasteiger partial charge in [-0.2, -0.15) is 0 Å². The van der Waals surface area contributed by atoms with Crippen LogP contribution in [-0.4, -0.2) is 16.1 Å². The zero-order chi connectivity index (χ0) is 8.27. The number of aromatic nitrogens is 2. The molecular weight excluding hydrogens is 261 g/mol. The van der Waals surface area contributed by atoms with Gasteiger partial charge in [-0.25, -0.2) is 14.8 Å². The Hall–Kier alpha value is -0.920. The first kappa shape index (κ1) is 8.18. The van der Waals surface area contributed by atoms with Crippen molar-refractivity contribution in [3.8, 4) is 6.01 Å². The number of hydrogen-bond donors (Lipinski definition) is 1. The highest BCUT2D eigenvalue weighted by Crippen LogP contribution is 2.03. The molecule has 0 unspecified atom stereocenters. The first-order valence-electron chi connectivity index (χ1n) is 2.63. The van der Waals surface area contributed by atoms with Crippen LogP contribution in [0, 0.1) is 3.57 Å². The summed E-state index contributed by atoms with van der Waals surface area (Å²) in [6, 6.07) is -0.0297. The second-order valence-electron chi connectivity index (χ2n) is 1.60. The minimum atomic E-state index is -0.911. The molecule has 0 saturated heterocycles. The summed E-state index contributed by atoms with van der Waals surface area (Å²) in [6.07, 6.45) is 2.13. The topological polar surface area (TPSA) is 78.1 Å². The van der Waals surface area contributed by atoms with Gasteiger partial charge in [-0.15, -0.1) is 0 Å². The summed E-state index contributed by atoms with van der Waals surface area (Å²) in [5.41, 5.74) is 4.72. The standard InChI is InChI=1S/C5H4IN3O2/c6-3-1-8-5(9-2-3)11-4(7)10/h1-2H,(H2,7,10). The van der Waals surface area contributed by atoms with Gasteiger partial charge in [-0.1, -0.05) is 0 Å². The minimum absolute atomic E-state index is 0.0297. The molecule has 58 valence electrons. The molecule has 1 amide bonds. The number of nitrogens with zero attached hydrogens (tertiary/aromatic N) is 2. The fourth-order valence-electron chi connectivity index (χ4n) is 0.443. The Balaban J connectivity index is 2.74. The van der Waals surface area contributed by atoms with Crippen molar-refractivity contribution in [2.75, 3.05) is 0 Å². The van der Waals surface area contributed by atoms with Crippen LogP contribution in [0.3, 0.4) is 0 Å². The van der Waals surface area contributed by atoms with Gasteiger partial charge < -0.3 is 10.5 Å². The van der Waals surface area contributed by atoms with E-state index in [0.29, 0.717) is 0 Å². The van der Waals surface area contributed by atoms with Crippen LogP contribution in [-0.2, 0) is 0 Å². The lowest BCUT2D eigenvalue weighted by Gasteiger charge is -1.95. The number of carbonyl (C=O) groups is 1. The van der Waals surface area contributed by atoms with Crippen LogP contribution in [0.1, 0.15) is 0 Å². The smallest absolute Gasteiger partial charge is 0.374 e. The summed E-state index contributed by atoms with van der Waals surface area (Å²) >= 11 is 2.03. The molecule has 0 aromatic carbocycles. The van der Waals surface area contributed by atoms with Gasteiger partial charge in [0.2, 0.25) is 0 Å². The van der Waals surface area contributed by atoms with Crippen LogP contribution in [0.5, 0.6) is 6.01 Å². The first-order valence-corrected chi connectivity index (χ1v) is 3.71. The molecule has 6 heteroatoms. The van der Waals surface area contributed by atoms with Crippen LogP contribution in [0.2, 0.25) is 0 Å². The van der Waals surface area contributed by atoms with E-state index in [1.807, 2.05) is 22.6 Å². The molecule has 0 aliphatic carbocycles. The summed E-state index contributed by atoms with van der Waals surface area (Å²) in [5, 5.41) is 0. The van der Waals surface area contributed by atoms with E-state index in [1.54, 1.807) is 0 Å². The summed E-state index contributed by atoms with van der Waals surface area (Å²) in [4.78, 5) is 17.5. The third-order valence-electron chi connectivity index (χ3n) is 0.789. The Morgan fingerprint density at radius 1 is 1.55 bits per heavy atom. The zero-order valence-corrected chi connectivity index (χ0v) is 7.48. The van der Waals surface area contributed by atoms with Gasteiger partial charge in [0, 0.05) is 16.0 Å². The molecule has 0 aliphatic rings. The molecule has 0 bridgehead atoms. The maximum atomic E-state index is 10.2. The molecule has 0 saturated carbocycles. The number of carbonyl (C=O) groups excluding carboxylic acids is 1. The quantitative estimate of drug-likeness (QED) is 0.751. The number of rotatable bonds is 1. The molecule has 2 N–H and O–H groups in total. The van der Waals surface area contributed by atoms with E-state index in [-0.39, 0.29) is 6.01 Å². The SMILES string of the molecule is NC(=O)Oc1ncc(I)cn1. The molecule has 0 fully saturated rings. The Morgan fingerprint density at radius 3 is 2.55 bits per heavy atom. The molecule has 0 aliphatic heterocycles. The van der Waals surface area contributed by atoms with Crippen molar-refractivity contribution < 1.29 is 9.53 Å². The molecule has 5 nitrogen and oxygen atoms in total. The van der Waals surface area contributed by atoms with Crippen LogP contribution in [0.25, 0.3) is 0 Å². The average Bonchev–Trinajstić information content (AvgIpc) is 1.93. The minimum Gasteiger partial charge on any atom is -0.374 e. The van der Waals surface area contributed by atoms with E-state index >= 15 is 0 Å². The van der Waals surface area contributed by atoms with E-state index < -0.39 is 6.09 Å². The molecule has 1 rings (SSSR count). The van der Waals surface area contributed by atoms with Crippen LogP contribution >= 0.6 is 22.6 Å². The van der Waals surface area contributed by atoms with Crippen molar-refractivity contribution in [2.45, 2.75) is 0 Å². The second kappa shape index (κ2) is 3.46. The number of primary amides is 1. The maximum absolute atomic E-state index is 10.2. The molecule has 0 atom stereocenters. The Labute approximate surface area is 76.1 Å². The predicted molar refractivity (Wildman–Crippen MR) is 45.0 cm³/mol. The summed E-state index contributed by atoms with van der Waals surface area (Å²) in [6.45, 7) is 0. The summed E-state index contributed by atoms with van der Waals surface area (Å²) in [7, 11) is 0. The molecule has 11 heavy (non-hydrogen) atoms. The van der Waals surface area contributed by atoms with Gasteiger partial charge in [-0.05, 0) is 22.6 Å². The van der Waals surface area contributed by atoms with Crippen molar-refractivity contribution >= 4 is 28.7 Å². The number of amides is 1. The van der Waals surface area contributed by atoms with Gasteiger partial charge in [0.05, 0.1) is 0 Å². The molecule has 1 heterocycles. The lowest BCUT2D eigenvalue weighted by molar-refractivity contribution is 0.207. The van der Waals surface area contributed by atoms with Crippen LogP contribution in [0.15, 0.2) is 12.4 Å². The Bertz CT molecular complexity index is 261. The zero-order valence-electron chi connectivity index (χ0n) is 5.32. The summed E-state index contributed by atoms with van der Waals surface area (Å²) < 4.78 is 5.24. The average molecular weight is 265 g/mol. The molecule has 0 spiro atoms. The van der Waals surface area contributed by atoms with E-state index in [0.717, 1.165) is 3.57 Å². The van der Waals surface area contributed by atoms with Gasteiger partial charge in [0.15, 0.2) is 0 Å². The normalized spacial score (nSPS) is 9.18. The molecule has 1 aromatic rings. The van der Waals surface area contributed by atoms with Crippen molar-refractivity contribution in [3.63, 3.8) is 0 Å². The van der Waals surface area contributed by atoms with Crippen LogP contribution < -0.4 is 10.5 Å². The molecular formula is C5H4IN3O2. The number of halogens is 1. The lowest BCUT2D eigenvalue weighted by Crippen LogP contribution is -2.17. The second-order valence-corrected chi connectivity index (χ2v) is 2.85. The van der Waals surface area contributed by atoms with E-state index in [9.17, 15) is 4.79 Å². The number of ether oxygens (including phenoxy) is 1. The van der Waals surface area contributed by atoms with Crippen molar-refractivity contribution in [1.82, 2.24) is 9.97 Å². The van der Waals surface area contributed by atoms with Crippen LogP contribution in [0.4, 0.5) is 4.79 Å². The Morgan fingerprint density at radius 2 is 2.09 bits per heavy atom. The molecule has 1 aromatic heterocycles. The highest BCUT2D eigenvalue weighted by atomic mass is 127. The van der Waals surface area contributed by atoms with Gasteiger partial charge >= 0.3 is 12.1 Å². The first-order chi connectivity index (χ1) is 5.18. The lowest BCUT2D eigenvalue weighted by atomic mass is 10.7. The van der Waals surface area contributed by atoms with Crippen molar-refractivity contribution in [3.05, 3.63) is 16.0 Å². The van der Waals surface area contributed by atoms with Gasteiger partial charge in [0.25, 0.3) is 0 Å². The summed E-state index contributed by atoms with van der Waals surface area (Å²) in [5.74, 6) is 0. The highest BCUT2D eigenvalue weighted by molar-refractivity contribution is 14.1. The van der Waals surface area contributed by atoms with Gasteiger partial charge in [0.1, 0.15) is 0 Å². The Kier molecular flexibility index (Phi) is 2.58. The van der Waals surface area contributed by atoms with E-state index in [1.165, 1.54) is 12.4 Å². The number of hydrogen-bond acceptors (Lipinski definition) is 4. The largest absolute Gasteiger partial charge is 0.412 e. The van der Waals surface area contributed by atoms with E-state index in [2.05, 4.69) is 14.7 Å². The van der Waals surface area contributed by atoms with Gasteiger partial charge in [-0.3, -0.25) is 0 Å². The highest BCUT2D eigenvalue weighted by Gasteiger charge is 1.99. The molecule has 0 radical (unpaired) electrons.